The van der Waals surface area contributed by atoms with Gasteiger partial charge in [0.05, 0.1) is 0 Å². The fraction of sp³-hybridized carbons (Fsp3) is 0.267. The molecule has 0 fully saturated rings. The standard InChI is InChI=1S/C30H32F2O6/c1-17(2)9-21-11-23(31)13-25(27(21)33)30(36)38-16-20(6)8-7-19(5)10-22-12-24(32)14-26(28(22)34)29(35)37-15-18(3)4/h8,10-14,33-34H,1,3,7,9,15-16H2,2,4-6H3. The van der Waals surface area contributed by atoms with Gasteiger partial charge in [-0.3, -0.25) is 0 Å². The topological polar surface area (TPSA) is 93.1 Å². The van der Waals surface area contributed by atoms with Crippen LogP contribution in [-0.2, 0) is 15.9 Å². The largest absolute Gasteiger partial charge is 0.507 e. The number of allylic oxidation sites excluding steroid dienone is 3. The molecule has 202 valence electrons. The monoisotopic (exact) mass is 526 g/mol. The van der Waals surface area contributed by atoms with E-state index in [2.05, 4.69) is 13.2 Å². The van der Waals surface area contributed by atoms with E-state index in [4.69, 9.17) is 9.47 Å². The molecule has 2 N–H and O–H groups in total. The van der Waals surface area contributed by atoms with E-state index in [0.29, 0.717) is 28.7 Å². The third-order valence-corrected chi connectivity index (χ3v) is 5.24. The van der Waals surface area contributed by atoms with Gasteiger partial charge in [-0.15, -0.1) is 0 Å². The summed E-state index contributed by atoms with van der Waals surface area (Å²) in [6, 6.07) is 4.06. The Morgan fingerprint density at radius 2 is 1.37 bits per heavy atom. The van der Waals surface area contributed by atoms with E-state index in [1.807, 2.05) is 0 Å². The van der Waals surface area contributed by atoms with Crippen molar-refractivity contribution >= 4 is 18.0 Å². The number of carbonyl (C=O) groups excluding carboxylic acids is 2. The van der Waals surface area contributed by atoms with Crippen LogP contribution in [0.25, 0.3) is 6.08 Å². The summed E-state index contributed by atoms with van der Waals surface area (Å²) in [5.74, 6) is -3.89. The molecule has 0 aliphatic rings. The first-order chi connectivity index (χ1) is 17.8. The smallest absolute Gasteiger partial charge is 0.342 e. The van der Waals surface area contributed by atoms with Crippen molar-refractivity contribution in [3.8, 4) is 11.5 Å². The van der Waals surface area contributed by atoms with Crippen LogP contribution in [0.1, 0.15) is 66.0 Å². The number of hydrogen-bond donors (Lipinski definition) is 2. The van der Waals surface area contributed by atoms with Crippen LogP contribution >= 0.6 is 0 Å². The van der Waals surface area contributed by atoms with Gasteiger partial charge in [0.15, 0.2) is 0 Å². The summed E-state index contributed by atoms with van der Waals surface area (Å²) in [6.45, 7) is 14.0. The lowest BCUT2D eigenvalue weighted by atomic mass is 10.0. The molecule has 2 aromatic rings. The number of carbonyl (C=O) groups is 2. The van der Waals surface area contributed by atoms with Crippen molar-refractivity contribution in [2.75, 3.05) is 13.2 Å². The van der Waals surface area contributed by atoms with E-state index in [1.54, 1.807) is 33.8 Å². The van der Waals surface area contributed by atoms with Gasteiger partial charge in [0.1, 0.15) is 47.5 Å². The van der Waals surface area contributed by atoms with E-state index in [0.717, 1.165) is 24.3 Å². The van der Waals surface area contributed by atoms with Gasteiger partial charge in [-0.2, -0.15) is 0 Å². The molecular weight excluding hydrogens is 494 g/mol. The Balaban J connectivity index is 2.09. The molecule has 0 unspecified atom stereocenters. The zero-order valence-electron chi connectivity index (χ0n) is 22.0. The van der Waals surface area contributed by atoms with Gasteiger partial charge in [0.2, 0.25) is 0 Å². The van der Waals surface area contributed by atoms with Gasteiger partial charge in [-0.05, 0) is 75.9 Å². The molecule has 0 saturated heterocycles. The Kier molecular flexibility index (Phi) is 10.6. The lowest BCUT2D eigenvalue weighted by molar-refractivity contribution is 0.0526. The van der Waals surface area contributed by atoms with Crippen LogP contribution in [0.4, 0.5) is 8.78 Å². The highest BCUT2D eigenvalue weighted by molar-refractivity contribution is 5.94. The summed E-state index contributed by atoms with van der Waals surface area (Å²) in [4.78, 5) is 24.7. The second-order valence-electron chi connectivity index (χ2n) is 9.34. The van der Waals surface area contributed by atoms with Crippen molar-refractivity contribution in [3.05, 3.63) is 99.7 Å². The van der Waals surface area contributed by atoms with Gasteiger partial charge in [-0.25, -0.2) is 18.4 Å². The maximum atomic E-state index is 14.1. The number of hydrogen-bond acceptors (Lipinski definition) is 6. The quantitative estimate of drug-likeness (QED) is 0.246. The third-order valence-electron chi connectivity index (χ3n) is 5.24. The highest BCUT2D eigenvalue weighted by atomic mass is 19.1. The molecule has 0 aliphatic heterocycles. The number of ether oxygens (including phenoxy) is 2. The van der Waals surface area contributed by atoms with E-state index in [1.165, 1.54) is 6.08 Å². The highest BCUT2D eigenvalue weighted by Crippen LogP contribution is 2.29. The molecule has 0 aromatic heterocycles. The molecule has 0 heterocycles. The number of esters is 2. The zero-order valence-corrected chi connectivity index (χ0v) is 22.0. The minimum Gasteiger partial charge on any atom is -0.507 e. The lowest BCUT2D eigenvalue weighted by Crippen LogP contribution is -2.09. The fourth-order valence-corrected chi connectivity index (χ4v) is 3.40. The molecular formula is C30H32F2O6. The maximum absolute atomic E-state index is 14.1. The molecule has 0 amide bonds. The van der Waals surface area contributed by atoms with Crippen LogP contribution in [0.2, 0.25) is 0 Å². The summed E-state index contributed by atoms with van der Waals surface area (Å²) >= 11 is 0. The Morgan fingerprint density at radius 3 is 1.95 bits per heavy atom. The van der Waals surface area contributed by atoms with E-state index in [9.17, 15) is 28.6 Å². The van der Waals surface area contributed by atoms with Gasteiger partial charge in [0, 0.05) is 11.1 Å². The normalized spacial score (nSPS) is 11.7. The Hall–Kier alpha value is -4.20. The number of halogens is 2. The van der Waals surface area contributed by atoms with Gasteiger partial charge >= 0.3 is 11.9 Å². The molecule has 2 aromatic carbocycles. The Labute approximate surface area is 221 Å². The maximum Gasteiger partial charge on any atom is 0.342 e. The number of phenolic OH excluding ortho intramolecular Hbond substituents is 2. The molecule has 0 saturated carbocycles. The lowest BCUT2D eigenvalue weighted by Gasteiger charge is -2.11. The van der Waals surface area contributed by atoms with E-state index >= 15 is 0 Å². The SMILES string of the molecule is C=C(C)COC(=O)c1cc(F)cc(C=C(C)CC=C(C)COC(=O)c2cc(F)cc(CC(=C)C)c2O)c1O. The van der Waals surface area contributed by atoms with Crippen LogP contribution in [0, 0.1) is 11.6 Å². The van der Waals surface area contributed by atoms with Crippen molar-refractivity contribution in [2.24, 2.45) is 0 Å². The third kappa shape index (κ3) is 8.73. The summed E-state index contributed by atoms with van der Waals surface area (Å²) in [5, 5.41) is 20.8. The first-order valence-electron chi connectivity index (χ1n) is 11.8. The molecule has 2 rings (SSSR count). The molecule has 0 bridgehead atoms. The van der Waals surface area contributed by atoms with Crippen LogP contribution in [0.15, 0.2) is 65.8 Å². The van der Waals surface area contributed by atoms with Gasteiger partial charge in [0.25, 0.3) is 0 Å². The molecule has 0 atom stereocenters. The minimum absolute atomic E-state index is 0.0535. The highest BCUT2D eigenvalue weighted by Gasteiger charge is 2.19. The average Bonchev–Trinajstić information content (AvgIpc) is 2.83. The summed E-state index contributed by atoms with van der Waals surface area (Å²) < 4.78 is 38.3. The second-order valence-corrected chi connectivity index (χ2v) is 9.34. The minimum atomic E-state index is -0.874. The molecule has 0 aliphatic carbocycles. The Bertz CT molecular complexity index is 1320. The van der Waals surface area contributed by atoms with Crippen molar-refractivity contribution in [1.29, 1.82) is 0 Å². The predicted octanol–water partition coefficient (Wildman–Crippen LogP) is 6.82. The van der Waals surface area contributed by atoms with Crippen molar-refractivity contribution in [2.45, 2.75) is 40.5 Å². The molecule has 8 heteroatoms. The first-order valence-corrected chi connectivity index (χ1v) is 11.8. The molecule has 0 spiro atoms. The predicted molar refractivity (Wildman–Crippen MR) is 142 cm³/mol. The summed E-state index contributed by atoms with van der Waals surface area (Å²) in [5.41, 5.74) is 2.44. The van der Waals surface area contributed by atoms with Gasteiger partial charge < -0.3 is 19.7 Å². The first kappa shape index (κ1) is 30.0. The van der Waals surface area contributed by atoms with Crippen LogP contribution in [0.3, 0.4) is 0 Å². The van der Waals surface area contributed by atoms with Crippen molar-refractivity contribution in [1.82, 2.24) is 0 Å². The van der Waals surface area contributed by atoms with Gasteiger partial charge in [-0.1, -0.05) is 36.5 Å². The second kappa shape index (κ2) is 13.4. The van der Waals surface area contributed by atoms with Crippen molar-refractivity contribution < 1.29 is 38.1 Å². The van der Waals surface area contributed by atoms with Crippen LogP contribution in [-0.4, -0.2) is 35.4 Å². The Morgan fingerprint density at radius 1 is 0.816 bits per heavy atom. The van der Waals surface area contributed by atoms with Crippen LogP contribution in [0.5, 0.6) is 11.5 Å². The fourth-order valence-electron chi connectivity index (χ4n) is 3.40. The molecule has 0 radical (unpaired) electrons. The number of phenols is 2. The van der Waals surface area contributed by atoms with Crippen LogP contribution < -0.4 is 0 Å². The average molecular weight is 527 g/mol. The number of aromatic hydroxyl groups is 2. The van der Waals surface area contributed by atoms with E-state index in [-0.39, 0.29) is 47.6 Å². The van der Waals surface area contributed by atoms with Crippen molar-refractivity contribution in [3.63, 3.8) is 0 Å². The zero-order chi connectivity index (χ0) is 28.6. The number of rotatable bonds is 11. The molecule has 38 heavy (non-hydrogen) atoms. The molecule has 6 nitrogen and oxygen atoms in total. The van der Waals surface area contributed by atoms with E-state index < -0.39 is 29.3 Å². The summed E-state index contributed by atoms with van der Waals surface area (Å²) in [6.07, 6.45) is 3.86. The summed E-state index contributed by atoms with van der Waals surface area (Å²) in [7, 11) is 0. The number of benzene rings is 2.